The van der Waals surface area contributed by atoms with Crippen molar-refractivity contribution in [1.29, 1.82) is 0 Å². The van der Waals surface area contributed by atoms with Crippen molar-refractivity contribution in [3.05, 3.63) is 0 Å². The minimum absolute atomic E-state index is 0.940. The van der Waals surface area contributed by atoms with Gasteiger partial charge in [-0.2, -0.15) is 0 Å². The summed E-state index contributed by atoms with van der Waals surface area (Å²) in [6.45, 7) is 0. The first-order chi connectivity index (χ1) is 3.72. The van der Waals surface area contributed by atoms with Gasteiger partial charge in [0.15, 0.2) is 6.10 Å². The number of ether oxygens (including phenoxy) is 1. The first-order valence-corrected chi connectivity index (χ1v) is 2.40. The number of carboxylic acid groups (broad SMARTS) is 1. The predicted octanol–water partition coefficient (Wildman–Crippen LogP) is 0.0857. The Balaban J connectivity index is 3.69. The molecule has 8 heavy (non-hydrogen) atoms. The zero-order valence-corrected chi connectivity index (χ0v) is 5.14. The maximum Gasteiger partial charge on any atom is 0.337 e. The Morgan fingerprint density at radius 3 is 2.50 bits per heavy atom. The van der Waals surface area contributed by atoms with Crippen LogP contribution in [0.4, 0.5) is 0 Å². The summed E-state index contributed by atoms with van der Waals surface area (Å²) in [5.41, 5.74) is 0. The minimum Gasteiger partial charge on any atom is -0.479 e. The monoisotopic (exact) mass is 134 g/mol. The number of rotatable bonds is 3. The van der Waals surface area contributed by atoms with Crippen molar-refractivity contribution in [2.24, 2.45) is 0 Å². The minimum atomic E-state index is -1.05. The van der Waals surface area contributed by atoms with Crippen LogP contribution in [-0.4, -0.2) is 29.7 Å². The Morgan fingerprint density at radius 2 is 2.50 bits per heavy atom. The van der Waals surface area contributed by atoms with Crippen LogP contribution in [-0.2, 0) is 9.53 Å². The molecule has 4 heteroatoms. The molecule has 0 radical (unpaired) electrons. The fourth-order valence-electron chi connectivity index (χ4n) is 0.215. The highest BCUT2D eigenvalue weighted by molar-refractivity contribution is 7.79. The highest BCUT2D eigenvalue weighted by atomic mass is 32.1. The normalized spacial score (nSPS) is 12.6. The first kappa shape index (κ1) is 7.52. The van der Waals surface area contributed by atoms with Gasteiger partial charge in [0, 0.05) is 12.5 Å². The maximum absolute atomic E-state index is 9.94. The fraction of sp³-hybridized carbons (Fsp3) is 0.500. The molecule has 0 heterocycles. The molecular weight excluding hydrogens is 128 g/mol. The number of carbonyl (C=O) groups is 1. The van der Waals surface area contributed by atoms with Crippen LogP contribution in [0.25, 0.3) is 0 Å². The molecule has 0 aliphatic heterocycles. The molecule has 46 valence electrons. The van der Waals surface area contributed by atoms with Gasteiger partial charge in [0.05, 0.1) is 0 Å². The number of thiocarbonyl (C=S) groups is 1. The molecule has 1 N–H and O–H groups in total. The van der Waals surface area contributed by atoms with Crippen molar-refractivity contribution in [3.63, 3.8) is 0 Å². The topological polar surface area (TPSA) is 46.5 Å². The molecule has 0 bridgehead atoms. The van der Waals surface area contributed by atoms with Crippen molar-refractivity contribution < 1.29 is 14.6 Å². The SMILES string of the molecule is COC(C=S)C(=O)O. The van der Waals surface area contributed by atoms with Crippen LogP contribution in [0.5, 0.6) is 0 Å². The van der Waals surface area contributed by atoms with Gasteiger partial charge in [-0.15, -0.1) is 0 Å². The molecule has 0 aliphatic rings. The molecule has 0 saturated heterocycles. The van der Waals surface area contributed by atoms with Crippen molar-refractivity contribution >= 4 is 23.6 Å². The van der Waals surface area contributed by atoms with Crippen LogP contribution >= 0.6 is 12.2 Å². The Kier molecular flexibility index (Phi) is 3.30. The lowest BCUT2D eigenvalue weighted by atomic mass is 10.4. The van der Waals surface area contributed by atoms with Gasteiger partial charge in [0.1, 0.15) is 0 Å². The van der Waals surface area contributed by atoms with Gasteiger partial charge in [-0.1, -0.05) is 12.2 Å². The number of hydrogen-bond acceptors (Lipinski definition) is 3. The third-order valence-electron chi connectivity index (χ3n) is 0.621. The van der Waals surface area contributed by atoms with E-state index in [0.717, 1.165) is 5.37 Å². The van der Waals surface area contributed by atoms with E-state index >= 15 is 0 Å². The van der Waals surface area contributed by atoms with Gasteiger partial charge in [-0.05, 0) is 0 Å². The van der Waals surface area contributed by atoms with Gasteiger partial charge in [-0.3, -0.25) is 0 Å². The van der Waals surface area contributed by atoms with Crippen LogP contribution in [0.2, 0.25) is 0 Å². The van der Waals surface area contributed by atoms with E-state index in [1.54, 1.807) is 0 Å². The standard InChI is InChI=1S/C4H6O3S/c1-7-3(2-8)4(5)6/h2-3H,1H3,(H,5,6). The largest absolute Gasteiger partial charge is 0.479 e. The van der Waals surface area contributed by atoms with Crippen LogP contribution < -0.4 is 0 Å². The van der Waals surface area contributed by atoms with Crippen LogP contribution in [0.1, 0.15) is 0 Å². The molecule has 0 aliphatic carbocycles. The second-order valence-electron chi connectivity index (χ2n) is 1.13. The smallest absolute Gasteiger partial charge is 0.337 e. The molecule has 0 spiro atoms. The molecular formula is C4H6O3S. The summed E-state index contributed by atoms with van der Waals surface area (Å²) < 4.78 is 4.40. The molecule has 1 unspecified atom stereocenters. The van der Waals surface area contributed by atoms with Crippen LogP contribution in [0.15, 0.2) is 0 Å². The van der Waals surface area contributed by atoms with E-state index in [1.807, 2.05) is 0 Å². The van der Waals surface area contributed by atoms with Crippen LogP contribution in [0, 0.1) is 0 Å². The van der Waals surface area contributed by atoms with E-state index in [9.17, 15) is 4.79 Å². The Hall–Kier alpha value is -0.480. The van der Waals surface area contributed by atoms with Gasteiger partial charge < -0.3 is 9.84 Å². The van der Waals surface area contributed by atoms with E-state index in [0.29, 0.717) is 0 Å². The number of hydrogen-bond donors (Lipinski definition) is 1. The molecule has 1 atom stereocenters. The van der Waals surface area contributed by atoms with Crippen LogP contribution in [0.3, 0.4) is 0 Å². The van der Waals surface area contributed by atoms with Crippen molar-refractivity contribution in [2.45, 2.75) is 6.10 Å². The van der Waals surface area contributed by atoms with Crippen molar-refractivity contribution in [2.75, 3.05) is 7.11 Å². The quantitative estimate of drug-likeness (QED) is 0.555. The second kappa shape index (κ2) is 3.51. The van der Waals surface area contributed by atoms with Gasteiger partial charge >= 0.3 is 5.97 Å². The van der Waals surface area contributed by atoms with Gasteiger partial charge in [0.25, 0.3) is 0 Å². The summed E-state index contributed by atoms with van der Waals surface area (Å²) in [6.07, 6.45) is -0.940. The Labute approximate surface area is 52.3 Å². The summed E-state index contributed by atoms with van der Waals surface area (Å²) in [4.78, 5) is 9.94. The van der Waals surface area contributed by atoms with Crippen molar-refractivity contribution in [1.82, 2.24) is 0 Å². The zero-order chi connectivity index (χ0) is 6.57. The summed E-state index contributed by atoms with van der Waals surface area (Å²) in [5, 5.41) is 9.21. The summed E-state index contributed by atoms with van der Waals surface area (Å²) in [5.74, 6) is -1.05. The first-order valence-electron chi connectivity index (χ1n) is 1.93. The van der Waals surface area contributed by atoms with E-state index in [4.69, 9.17) is 5.11 Å². The Bertz CT molecular complexity index is 101. The summed E-state index contributed by atoms with van der Waals surface area (Å²) >= 11 is 4.32. The lowest BCUT2D eigenvalue weighted by Crippen LogP contribution is -2.22. The van der Waals surface area contributed by atoms with E-state index in [2.05, 4.69) is 17.0 Å². The summed E-state index contributed by atoms with van der Waals surface area (Å²) in [6, 6.07) is 0. The molecule has 0 aromatic heterocycles. The Morgan fingerprint density at radius 1 is 2.00 bits per heavy atom. The highest BCUT2D eigenvalue weighted by Gasteiger charge is 2.10. The molecule has 0 aromatic carbocycles. The lowest BCUT2D eigenvalue weighted by molar-refractivity contribution is -0.144. The molecule has 0 amide bonds. The molecule has 0 saturated carbocycles. The lowest BCUT2D eigenvalue weighted by Gasteiger charge is -1.99. The predicted molar refractivity (Wildman–Crippen MR) is 32.1 cm³/mol. The molecule has 0 aromatic rings. The molecule has 3 nitrogen and oxygen atoms in total. The van der Waals surface area contributed by atoms with E-state index in [1.165, 1.54) is 7.11 Å². The summed E-state index contributed by atoms with van der Waals surface area (Å²) in [7, 11) is 1.29. The van der Waals surface area contributed by atoms with Gasteiger partial charge in [-0.25, -0.2) is 4.79 Å². The average molecular weight is 134 g/mol. The zero-order valence-electron chi connectivity index (χ0n) is 4.33. The number of carboxylic acids is 1. The molecule has 0 rings (SSSR count). The number of methoxy groups -OCH3 is 1. The fourth-order valence-corrected chi connectivity index (χ4v) is 0.442. The highest BCUT2D eigenvalue weighted by Crippen LogP contribution is 1.83. The average Bonchev–Trinajstić information content (AvgIpc) is 1.69. The van der Waals surface area contributed by atoms with Crippen molar-refractivity contribution in [3.8, 4) is 0 Å². The van der Waals surface area contributed by atoms with E-state index < -0.39 is 12.1 Å². The third-order valence-corrected chi connectivity index (χ3v) is 0.868. The van der Waals surface area contributed by atoms with Gasteiger partial charge in [0.2, 0.25) is 0 Å². The maximum atomic E-state index is 9.94. The number of aliphatic carboxylic acids is 1. The third kappa shape index (κ3) is 1.99. The van der Waals surface area contributed by atoms with E-state index in [-0.39, 0.29) is 0 Å². The molecule has 0 fully saturated rings. The second-order valence-corrected chi connectivity index (χ2v) is 1.40.